The smallest absolute Gasteiger partial charge is 0.0489 e. The van der Waals surface area contributed by atoms with Gasteiger partial charge in [0.25, 0.3) is 0 Å². The molecule has 1 aromatic rings. The number of hydrogen-bond acceptors (Lipinski definition) is 1. The summed E-state index contributed by atoms with van der Waals surface area (Å²) >= 11 is 2.32. The van der Waals surface area contributed by atoms with E-state index in [1.54, 1.807) is 6.08 Å². The normalized spacial score (nSPS) is 12.6. The van der Waals surface area contributed by atoms with Crippen LogP contribution in [0.1, 0.15) is 17.2 Å². The van der Waals surface area contributed by atoms with Crippen molar-refractivity contribution in [2.75, 3.05) is 0 Å². The van der Waals surface area contributed by atoms with Gasteiger partial charge in [0.15, 0.2) is 0 Å². The van der Waals surface area contributed by atoms with E-state index in [0.717, 1.165) is 5.56 Å². The number of rotatable bonds is 2. The summed E-state index contributed by atoms with van der Waals surface area (Å²) in [5.74, 6) is 0. The third kappa shape index (κ3) is 1.87. The van der Waals surface area contributed by atoms with Gasteiger partial charge in [-0.1, -0.05) is 24.3 Å². The van der Waals surface area contributed by atoms with Crippen LogP contribution < -0.4 is 5.73 Å². The Labute approximate surface area is 86.8 Å². The van der Waals surface area contributed by atoms with E-state index in [1.807, 2.05) is 12.1 Å². The first-order valence-corrected chi connectivity index (χ1v) is 4.88. The fourth-order valence-electron chi connectivity index (χ4n) is 1.05. The Balaban J connectivity index is 3.15. The molecule has 0 aromatic heterocycles. The van der Waals surface area contributed by atoms with Gasteiger partial charge in [0.05, 0.1) is 0 Å². The second-order valence-electron chi connectivity index (χ2n) is 2.74. The average molecular weight is 273 g/mol. The maximum atomic E-state index is 5.84. The molecule has 0 fully saturated rings. The van der Waals surface area contributed by atoms with Crippen molar-refractivity contribution < 1.29 is 0 Å². The van der Waals surface area contributed by atoms with Gasteiger partial charge in [-0.2, -0.15) is 0 Å². The molecule has 0 spiro atoms. The Hall–Kier alpha value is -0.350. The van der Waals surface area contributed by atoms with Crippen LogP contribution in [0.5, 0.6) is 0 Å². The molecular weight excluding hydrogens is 261 g/mol. The van der Waals surface area contributed by atoms with Crippen molar-refractivity contribution in [2.45, 2.75) is 13.0 Å². The van der Waals surface area contributed by atoms with Gasteiger partial charge in [-0.25, -0.2) is 0 Å². The monoisotopic (exact) mass is 273 g/mol. The number of halogens is 1. The van der Waals surface area contributed by atoms with Crippen molar-refractivity contribution in [3.63, 3.8) is 0 Å². The average Bonchev–Trinajstić information content (AvgIpc) is 2.08. The molecule has 64 valence electrons. The maximum absolute atomic E-state index is 5.84. The highest BCUT2D eigenvalue weighted by Gasteiger charge is 2.06. The van der Waals surface area contributed by atoms with Crippen molar-refractivity contribution >= 4 is 22.6 Å². The standard InChI is InChI=1S/C10H12IN/c1-3-9(12)8-6-4-5-7(2)10(8)11/h3-6,9H,1,12H2,2H3. The summed E-state index contributed by atoms with van der Waals surface area (Å²) in [6, 6.07) is 6.11. The molecule has 12 heavy (non-hydrogen) atoms. The molecule has 0 bridgehead atoms. The van der Waals surface area contributed by atoms with Crippen LogP contribution in [0.15, 0.2) is 30.9 Å². The molecule has 2 heteroatoms. The van der Waals surface area contributed by atoms with Crippen LogP contribution in [-0.4, -0.2) is 0 Å². The lowest BCUT2D eigenvalue weighted by atomic mass is 10.1. The van der Waals surface area contributed by atoms with E-state index in [9.17, 15) is 0 Å². The predicted octanol–water partition coefficient (Wildman–Crippen LogP) is 2.79. The molecule has 0 aliphatic carbocycles. The highest BCUT2D eigenvalue weighted by atomic mass is 127. The Morgan fingerprint density at radius 3 is 2.83 bits per heavy atom. The maximum Gasteiger partial charge on any atom is 0.0489 e. The minimum Gasteiger partial charge on any atom is -0.321 e. The minimum absolute atomic E-state index is 0.0446. The zero-order valence-electron chi connectivity index (χ0n) is 7.05. The third-order valence-corrected chi connectivity index (χ3v) is 3.31. The molecule has 0 aliphatic rings. The first-order chi connectivity index (χ1) is 5.66. The molecule has 0 radical (unpaired) electrons. The zero-order valence-corrected chi connectivity index (χ0v) is 9.21. The summed E-state index contributed by atoms with van der Waals surface area (Å²) < 4.78 is 1.24. The molecule has 1 unspecified atom stereocenters. The molecule has 0 saturated heterocycles. The van der Waals surface area contributed by atoms with E-state index in [-0.39, 0.29) is 6.04 Å². The fourth-order valence-corrected chi connectivity index (χ4v) is 1.77. The van der Waals surface area contributed by atoms with Crippen LogP contribution in [0, 0.1) is 10.5 Å². The van der Waals surface area contributed by atoms with Crippen LogP contribution >= 0.6 is 22.6 Å². The van der Waals surface area contributed by atoms with Crippen molar-refractivity contribution in [1.29, 1.82) is 0 Å². The van der Waals surface area contributed by atoms with E-state index in [4.69, 9.17) is 5.73 Å². The van der Waals surface area contributed by atoms with Gasteiger partial charge in [0.1, 0.15) is 0 Å². The van der Waals surface area contributed by atoms with E-state index in [2.05, 4.69) is 42.2 Å². The first-order valence-electron chi connectivity index (χ1n) is 3.80. The van der Waals surface area contributed by atoms with Gasteiger partial charge in [-0.05, 0) is 40.6 Å². The summed E-state index contributed by atoms with van der Waals surface area (Å²) in [6.45, 7) is 5.76. The summed E-state index contributed by atoms with van der Waals surface area (Å²) in [4.78, 5) is 0. The summed E-state index contributed by atoms with van der Waals surface area (Å²) in [7, 11) is 0. The molecule has 0 heterocycles. The Bertz CT molecular complexity index is 294. The number of benzene rings is 1. The minimum atomic E-state index is -0.0446. The summed E-state index contributed by atoms with van der Waals surface area (Å²) in [5.41, 5.74) is 8.27. The number of aryl methyl sites for hydroxylation is 1. The van der Waals surface area contributed by atoms with E-state index in [1.165, 1.54) is 9.13 Å². The second kappa shape index (κ2) is 4.05. The van der Waals surface area contributed by atoms with Crippen LogP contribution in [0.25, 0.3) is 0 Å². The molecule has 0 aliphatic heterocycles. The lowest BCUT2D eigenvalue weighted by Gasteiger charge is -2.10. The van der Waals surface area contributed by atoms with Gasteiger partial charge in [0, 0.05) is 9.61 Å². The highest BCUT2D eigenvalue weighted by Crippen LogP contribution is 2.21. The molecule has 0 saturated carbocycles. The molecule has 1 atom stereocenters. The Kier molecular flexibility index (Phi) is 3.29. The number of hydrogen-bond donors (Lipinski definition) is 1. The molecule has 2 N–H and O–H groups in total. The SMILES string of the molecule is C=CC(N)c1cccc(C)c1I. The lowest BCUT2D eigenvalue weighted by Crippen LogP contribution is -2.08. The van der Waals surface area contributed by atoms with Gasteiger partial charge in [0.2, 0.25) is 0 Å². The van der Waals surface area contributed by atoms with Crippen molar-refractivity contribution in [3.8, 4) is 0 Å². The largest absolute Gasteiger partial charge is 0.321 e. The fraction of sp³-hybridized carbons (Fsp3) is 0.200. The van der Waals surface area contributed by atoms with Gasteiger partial charge in [-0.3, -0.25) is 0 Å². The Morgan fingerprint density at radius 1 is 1.58 bits per heavy atom. The molecular formula is C10H12IN. The van der Waals surface area contributed by atoms with E-state index < -0.39 is 0 Å². The molecule has 1 nitrogen and oxygen atoms in total. The molecule has 0 amide bonds. The van der Waals surface area contributed by atoms with Crippen LogP contribution in [0.3, 0.4) is 0 Å². The first kappa shape index (κ1) is 9.74. The highest BCUT2D eigenvalue weighted by molar-refractivity contribution is 14.1. The number of nitrogens with two attached hydrogens (primary N) is 1. The van der Waals surface area contributed by atoms with Gasteiger partial charge < -0.3 is 5.73 Å². The van der Waals surface area contributed by atoms with Crippen molar-refractivity contribution in [1.82, 2.24) is 0 Å². The van der Waals surface area contributed by atoms with Crippen LogP contribution in [-0.2, 0) is 0 Å². The van der Waals surface area contributed by atoms with Crippen LogP contribution in [0.2, 0.25) is 0 Å². The predicted molar refractivity (Wildman–Crippen MR) is 61.0 cm³/mol. The van der Waals surface area contributed by atoms with E-state index >= 15 is 0 Å². The second-order valence-corrected chi connectivity index (χ2v) is 3.82. The third-order valence-electron chi connectivity index (χ3n) is 1.83. The van der Waals surface area contributed by atoms with Gasteiger partial charge >= 0.3 is 0 Å². The van der Waals surface area contributed by atoms with Crippen LogP contribution in [0.4, 0.5) is 0 Å². The molecule has 1 aromatic carbocycles. The van der Waals surface area contributed by atoms with Crippen molar-refractivity contribution in [2.24, 2.45) is 5.73 Å². The quantitative estimate of drug-likeness (QED) is 0.650. The summed E-state index contributed by atoms with van der Waals surface area (Å²) in [6.07, 6.45) is 1.76. The summed E-state index contributed by atoms with van der Waals surface area (Å²) in [5, 5.41) is 0. The molecule has 1 rings (SSSR count). The van der Waals surface area contributed by atoms with Crippen molar-refractivity contribution in [3.05, 3.63) is 45.6 Å². The van der Waals surface area contributed by atoms with E-state index in [0.29, 0.717) is 0 Å². The lowest BCUT2D eigenvalue weighted by molar-refractivity contribution is 0.904. The topological polar surface area (TPSA) is 26.0 Å². The Morgan fingerprint density at radius 2 is 2.25 bits per heavy atom. The zero-order chi connectivity index (χ0) is 9.14. The van der Waals surface area contributed by atoms with Gasteiger partial charge in [-0.15, -0.1) is 6.58 Å².